The van der Waals surface area contributed by atoms with Crippen molar-refractivity contribution in [1.82, 2.24) is 15.1 Å². The Bertz CT molecular complexity index is 508. The molecule has 1 amide bonds. The van der Waals surface area contributed by atoms with Gasteiger partial charge in [0.2, 0.25) is 5.91 Å². The van der Waals surface area contributed by atoms with Crippen LogP contribution < -0.4 is 5.32 Å². The molecule has 0 aliphatic heterocycles. The van der Waals surface area contributed by atoms with Gasteiger partial charge in [0.05, 0.1) is 4.92 Å². The second-order valence-corrected chi connectivity index (χ2v) is 4.45. The first-order valence-corrected chi connectivity index (χ1v) is 5.43. The van der Waals surface area contributed by atoms with E-state index in [1.807, 2.05) is 0 Å². The number of aromatic nitrogens is 2. The fourth-order valence-electron chi connectivity index (χ4n) is 1.25. The van der Waals surface area contributed by atoms with Crippen molar-refractivity contribution < 1.29 is 19.6 Å². The van der Waals surface area contributed by atoms with Crippen molar-refractivity contribution in [2.45, 2.75) is 32.4 Å². The summed E-state index contributed by atoms with van der Waals surface area (Å²) in [6.07, 6.45) is 2.27. The minimum atomic E-state index is -1.35. The molecule has 1 rings (SSSR count). The summed E-state index contributed by atoms with van der Waals surface area (Å²) < 4.78 is 1.26. The molecule has 1 heterocycles. The second-order valence-electron chi connectivity index (χ2n) is 4.45. The summed E-state index contributed by atoms with van der Waals surface area (Å²) in [5, 5.41) is 25.3. The zero-order valence-corrected chi connectivity index (χ0v) is 10.5. The lowest BCUT2D eigenvalue weighted by atomic mass is 10.1. The lowest BCUT2D eigenvalue weighted by molar-refractivity contribution is -0.385. The number of carboxylic acid groups (broad SMARTS) is 1. The van der Waals surface area contributed by atoms with Crippen molar-refractivity contribution in [3.8, 4) is 0 Å². The Kier molecular flexibility index (Phi) is 4.20. The van der Waals surface area contributed by atoms with Crippen LogP contribution in [0.15, 0.2) is 12.4 Å². The lowest BCUT2D eigenvalue weighted by Crippen LogP contribution is -2.49. The first kappa shape index (κ1) is 14.6. The molecule has 9 nitrogen and oxygen atoms in total. The molecule has 0 bridgehead atoms. The van der Waals surface area contributed by atoms with E-state index in [1.54, 1.807) is 0 Å². The van der Waals surface area contributed by atoms with Gasteiger partial charge in [0.25, 0.3) is 0 Å². The molecule has 104 valence electrons. The number of amides is 1. The summed E-state index contributed by atoms with van der Waals surface area (Å²) in [4.78, 5) is 32.2. The predicted octanol–water partition coefficient (Wildman–Crippen LogP) is 0.161. The number of rotatable bonds is 6. The van der Waals surface area contributed by atoms with Gasteiger partial charge in [-0.25, -0.2) is 4.79 Å². The van der Waals surface area contributed by atoms with Gasteiger partial charge in [0, 0.05) is 13.0 Å². The quantitative estimate of drug-likeness (QED) is 0.560. The number of hydrogen-bond donors (Lipinski definition) is 2. The van der Waals surface area contributed by atoms with E-state index in [-0.39, 0.29) is 18.7 Å². The summed E-state index contributed by atoms with van der Waals surface area (Å²) in [7, 11) is 0. The van der Waals surface area contributed by atoms with Crippen LogP contribution in [0.5, 0.6) is 0 Å². The van der Waals surface area contributed by atoms with E-state index < -0.39 is 22.3 Å². The number of nitrogens with zero attached hydrogens (tertiary/aromatic N) is 3. The molecule has 0 aliphatic carbocycles. The Morgan fingerprint density at radius 2 is 2.21 bits per heavy atom. The second kappa shape index (κ2) is 5.46. The summed E-state index contributed by atoms with van der Waals surface area (Å²) in [6.45, 7) is 2.87. The Labute approximate surface area is 108 Å². The highest BCUT2D eigenvalue weighted by molar-refractivity contribution is 5.86. The molecule has 0 fully saturated rings. The predicted molar refractivity (Wildman–Crippen MR) is 63.4 cm³/mol. The highest BCUT2D eigenvalue weighted by atomic mass is 16.6. The minimum Gasteiger partial charge on any atom is -0.480 e. The van der Waals surface area contributed by atoms with Crippen molar-refractivity contribution >= 4 is 17.6 Å². The first-order valence-electron chi connectivity index (χ1n) is 5.43. The number of nitro groups is 1. The van der Waals surface area contributed by atoms with Crippen molar-refractivity contribution in [3.63, 3.8) is 0 Å². The molecule has 1 aromatic rings. The number of aliphatic carboxylic acids is 1. The average molecular weight is 270 g/mol. The third-order valence-corrected chi connectivity index (χ3v) is 2.38. The van der Waals surface area contributed by atoms with Gasteiger partial charge < -0.3 is 10.4 Å². The summed E-state index contributed by atoms with van der Waals surface area (Å²) in [6, 6.07) is 0. The molecule has 19 heavy (non-hydrogen) atoms. The summed E-state index contributed by atoms with van der Waals surface area (Å²) in [5.74, 6) is -1.61. The molecule has 0 atom stereocenters. The third-order valence-electron chi connectivity index (χ3n) is 2.38. The molecular weight excluding hydrogens is 256 g/mol. The normalized spacial score (nSPS) is 11.1. The SMILES string of the molecule is CC(C)(NC(=O)CCn1cc([N+](=O)[O-])cn1)C(=O)O. The standard InChI is InChI=1S/C10H14N4O5/c1-10(2,9(16)17)12-8(15)3-4-13-6-7(5-11-13)14(18)19/h5-6H,3-4H2,1-2H3,(H,12,15)(H,16,17). The van der Waals surface area contributed by atoms with Crippen LogP contribution >= 0.6 is 0 Å². The molecule has 0 radical (unpaired) electrons. The van der Waals surface area contributed by atoms with E-state index in [2.05, 4.69) is 10.4 Å². The fraction of sp³-hybridized carbons (Fsp3) is 0.500. The third kappa shape index (κ3) is 4.05. The maximum Gasteiger partial charge on any atom is 0.328 e. The van der Waals surface area contributed by atoms with Gasteiger partial charge in [-0.2, -0.15) is 5.10 Å². The summed E-state index contributed by atoms with van der Waals surface area (Å²) >= 11 is 0. The topological polar surface area (TPSA) is 127 Å². The summed E-state index contributed by atoms with van der Waals surface area (Å²) in [5.41, 5.74) is -1.51. The van der Waals surface area contributed by atoms with E-state index in [9.17, 15) is 19.7 Å². The van der Waals surface area contributed by atoms with Gasteiger partial charge in [0.1, 0.15) is 17.9 Å². The van der Waals surface area contributed by atoms with E-state index in [4.69, 9.17) is 5.11 Å². The molecule has 2 N–H and O–H groups in total. The number of carbonyl (C=O) groups is 2. The van der Waals surface area contributed by atoms with Gasteiger partial charge in [0.15, 0.2) is 0 Å². The van der Waals surface area contributed by atoms with Gasteiger partial charge in [-0.3, -0.25) is 19.6 Å². The largest absolute Gasteiger partial charge is 0.480 e. The average Bonchev–Trinajstić information content (AvgIpc) is 2.74. The number of hydrogen-bond acceptors (Lipinski definition) is 5. The maximum absolute atomic E-state index is 11.5. The van der Waals surface area contributed by atoms with Crippen molar-refractivity contribution in [3.05, 3.63) is 22.5 Å². The minimum absolute atomic E-state index is 0.0183. The van der Waals surface area contributed by atoms with Crippen LogP contribution in [0, 0.1) is 10.1 Å². The van der Waals surface area contributed by atoms with Gasteiger partial charge in [-0.05, 0) is 13.8 Å². The van der Waals surface area contributed by atoms with Crippen molar-refractivity contribution in [1.29, 1.82) is 0 Å². The maximum atomic E-state index is 11.5. The van der Waals surface area contributed by atoms with Crippen LogP contribution in [-0.2, 0) is 16.1 Å². The molecule has 0 saturated carbocycles. The molecule has 9 heteroatoms. The Hall–Kier alpha value is -2.45. The molecular formula is C10H14N4O5. The van der Waals surface area contributed by atoms with Crippen LogP contribution in [0.4, 0.5) is 5.69 Å². The molecule has 1 aromatic heterocycles. The van der Waals surface area contributed by atoms with Gasteiger partial charge >= 0.3 is 11.7 Å². The Morgan fingerprint density at radius 3 is 2.68 bits per heavy atom. The van der Waals surface area contributed by atoms with Crippen LogP contribution in [0.1, 0.15) is 20.3 Å². The number of nitrogens with one attached hydrogen (secondary N) is 1. The molecule has 0 spiro atoms. The molecule has 0 aromatic carbocycles. The number of carbonyl (C=O) groups excluding carboxylic acids is 1. The van der Waals surface area contributed by atoms with E-state index >= 15 is 0 Å². The number of carboxylic acids is 1. The smallest absolute Gasteiger partial charge is 0.328 e. The Morgan fingerprint density at radius 1 is 1.58 bits per heavy atom. The molecule has 0 aliphatic rings. The molecule has 0 unspecified atom stereocenters. The van der Waals surface area contributed by atoms with Crippen LogP contribution in [0.25, 0.3) is 0 Å². The van der Waals surface area contributed by atoms with Crippen LogP contribution in [0.2, 0.25) is 0 Å². The zero-order valence-electron chi connectivity index (χ0n) is 10.5. The highest BCUT2D eigenvalue weighted by Crippen LogP contribution is 2.08. The van der Waals surface area contributed by atoms with Gasteiger partial charge in [-0.1, -0.05) is 0 Å². The van der Waals surface area contributed by atoms with Gasteiger partial charge in [-0.15, -0.1) is 0 Å². The van der Waals surface area contributed by atoms with E-state index in [0.717, 1.165) is 6.20 Å². The molecule has 0 saturated heterocycles. The van der Waals surface area contributed by atoms with Crippen LogP contribution in [0.3, 0.4) is 0 Å². The zero-order chi connectivity index (χ0) is 14.6. The monoisotopic (exact) mass is 270 g/mol. The number of aryl methyl sites for hydroxylation is 1. The lowest BCUT2D eigenvalue weighted by Gasteiger charge is -2.20. The van der Waals surface area contributed by atoms with Crippen LogP contribution in [-0.4, -0.2) is 37.2 Å². The van der Waals surface area contributed by atoms with E-state index in [0.29, 0.717) is 0 Å². The highest BCUT2D eigenvalue weighted by Gasteiger charge is 2.28. The Balaban J connectivity index is 2.50. The van der Waals surface area contributed by atoms with Crippen molar-refractivity contribution in [2.75, 3.05) is 0 Å². The fourth-order valence-corrected chi connectivity index (χ4v) is 1.25. The van der Waals surface area contributed by atoms with E-state index in [1.165, 1.54) is 24.7 Å². The first-order chi connectivity index (χ1) is 8.72. The van der Waals surface area contributed by atoms with Crippen molar-refractivity contribution in [2.24, 2.45) is 0 Å².